The molecular weight excluding hydrogens is 210 g/mol. The van der Waals surface area contributed by atoms with Gasteiger partial charge in [0.15, 0.2) is 0 Å². The number of hydrogen-bond acceptors (Lipinski definition) is 6. The van der Waals surface area contributed by atoms with Crippen molar-refractivity contribution in [3.63, 3.8) is 0 Å². The quantitative estimate of drug-likeness (QED) is 0.762. The molecule has 2 rings (SSSR count). The van der Waals surface area contributed by atoms with Gasteiger partial charge in [0, 0.05) is 0 Å². The molecule has 0 atom stereocenters. The summed E-state index contributed by atoms with van der Waals surface area (Å²) in [6.07, 6.45) is 4.54. The molecule has 0 radical (unpaired) electrons. The number of methoxy groups -OCH3 is 1. The maximum absolute atomic E-state index is 11.4. The zero-order valence-electron chi connectivity index (χ0n) is 8.97. The van der Waals surface area contributed by atoms with Gasteiger partial charge in [-0.05, 0) is 19.3 Å². The molecule has 0 spiro atoms. The number of nitrogens with zero attached hydrogens (tertiary/aromatic N) is 2. The second-order valence-corrected chi connectivity index (χ2v) is 3.61. The lowest BCUT2D eigenvalue weighted by molar-refractivity contribution is 0.0581. The molecule has 0 amide bonds. The van der Waals surface area contributed by atoms with Crippen molar-refractivity contribution in [2.45, 2.75) is 25.4 Å². The first-order valence-corrected chi connectivity index (χ1v) is 5.08. The monoisotopic (exact) mass is 223 g/mol. The molecule has 16 heavy (non-hydrogen) atoms. The van der Waals surface area contributed by atoms with Gasteiger partial charge in [-0.1, -0.05) is 0 Å². The summed E-state index contributed by atoms with van der Waals surface area (Å²) < 4.78 is 10.2. The Kier molecular flexibility index (Phi) is 2.89. The van der Waals surface area contributed by atoms with E-state index in [-0.39, 0.29) is 23.5 Å². The molecule has 1 heterocycles. The van der Waals surface area contributed by atoms with E-state index in [0.29, 0.717) is 0 Å². The molecule has 0 aliphatic heterocycles. The van der Waals surface area contributed by atoms with E-state index in [1.807, 2.05) is 0 Å². The molecule has 1 saturated carbocycles. The van der Waals surface area contributed by atoms with Crippen LogP contribution in [0, 0.1) is 0 Å². The number of carbonyl (C=O) groups excluding carboxylic acids is 1. The van der Waals surface area contributed by atoms with Crippen molar-refractivity contribution in [2.75, 3.05) is 12.8 Å². The van der Waals surface area contributed by atoms with E-state index < -0.39 is 5.97 Å². The fourth-order valence-corrected chi connectivity index (χ4v) is 1.37. The van der Waals surface area contributed by atoms with Crippen LogP contribution in [0.2, 0.25) is 0 Å². The van der Waals surface area contributed by atoms with E-state index in [1.165, 1.54) is 13.3 Å². The normalized spacial score (nSPS) is 15.3. The van der Waals surface area contributed by atoms with Crippen LogP contribution in [-0.4, -0.2) is 29.2 Å². The number of carbonyl (C=O) groups is 1. The highest BCUT2D eigenvalue weighted by Crippen LogP contribution is 2.26. The van der Waals surface area contributed by atoms with Gasteiger partial charge in [-0.25, -0.2) is 9.78 Å². The fraction of sp³-hybridized carbons (Fsp3) is 0.500. The smallest absolute Gasteiger partial charge is 0.344 e. The van der Waals surface area contributed by atoms with Gasteiger partial charge >= 0.3 is 5.97 Å². The number of nitrogens with two attached hydrogens (primary N) is 1. The minimum Gasteiger partial charge on any atom is -0.474 e. The molecular formula is C10H13N3O3. The van der Waals surface area contributed by atoms with Crippen LogP contribution in [0.15, 0.2) is 6.20 Å². The standard InChI is InChI=1S/C10H13N3O3/c1-15-9(14)7-5-12-10(11)13-8(7)16-6-3-2-4-6/h5-6H,2-4H2,1H3,(H2,11,12,13). The van der Waals surface area contributed by atoms with Crippen molar-refractivity contribution < 1.29 is 14.3 Å². The molecule has 1 aromatic rings. The van der Waals surface area contributed by atoms with Gasteiger partial charge in [0.25, 0.3) is 0 Å². The number of anilines is 1. The van der Waals surface area contributed by atoms with Crippen molar-refractivity contribution >= 4 is 11.9 Å². The third-order valence-corrected chi connectivity index (χ3v) is 2.51. The summed E-state index contributed by atoms with van der Waals surface area (Å²) in [7, 11) is 1.30. The van der Waals surface area contributed by atoms with Crippen LogP contribution in [0.5, 0.6) is 5.88 Å². The largest absolute Gasteiger partial charge is 0.474 e. The molecule has 86 valence electrons. The summed E-state index contributed by atoms with van der Waals surface area (Å²) in [4.78, 5) is 19.1. The number of ether oxygens (including phenoxy) is 2. The summed E-state index contributed by atoms with van der Waals surface area (Å²) in [5.74, 6) is -0.222. The number of esters is 1. The van der Waals surface area contributed by atoms with E-state index in [0.717, 1.165) is 19.3 Å². The summed E-state index contributed by atoms with van der Waals surface area (Å²) >= 11 is 0. The van der Waals surface area contributed by atoms with E-state index in [2.05, 4.69) is 14.7 Å². The van der Waals surface area contributed by atoms with E-state index in [4.69, 9.17) is 10.5 Å². The Bertz CT molecular complexity index is 404. The predicted octanol–water partition coefficient (Wildman–Crippen LogP) is 0.777. The Labute approximate surface area is 92.8 Å². The maximum atomic E-state index is 11.4. The summed E-state index contributed by atoms with van der Waals surface area (Å²) in [5, 5.41) is 0. The Morgan fingerprint density at radius 3 is 2.88 bits per heavy atom. The Hall–Kier alpha value is -1.85. The molecule has 2 N–H and O–H groups in total. The van der Waals surface area contributed by atoms with Crippen LogP contribution in [0.4, 0.5) is 5.95 Å². The lowest BCUT2D eigenvalue weighted by Crippen LogP contribution is -2.26. The Morgan fingerprint density at radius 1 is 1.56 bits per heavy atom. The average molecular weight is 223 g/mol. The molecule has 0 aromatic carbocycles. The molecule has 0 unspecified atom stereocenters. The van der Waals surface area contributed by atoms with E-state index >= 15 is 0 Å². The van der Waals surface area contributed by atoms with E-state index in [9.17, 15) is 4.79 Å². The average Bonchev–Trinajstić information content (AvgIpc) is 2.22. The van der Waals surface area contributed by atoms with Crippen LogP contribution < -0.4 is 10.5 Å². The van der Waals surface area contributed by atoms with Crippen LogP contribution in [0.3, 0.4) is 0 Å². The van der Waals surface area contributed by atoms with Crippen LogP contribution in [0.1, 0.15) is 29.6 Å². The minimum absolute atomic E-state index is 0.0852. The van der Waals surface area contributed by atoms with Gasteiger partial charge in [-0.2, -0.15) is 4.98 Å². The SMILES string of the molecule is COC(=O)c1cnc(N)nc1OC1CCC1. The van der Waals surface area contributed by atoms with Crippen molar-refractivity contribution in [3.8, 4) is 5.88 Å². The van der Waals surface area contributed by atoms with E-state index in [1.54, 1.807) is 0 Å². The first-order chi connectivity index (χ1) is 7.70. The second-order valence-electron chi connectivity index (χ2n) is 3.61. The van der Waals surface area contributed by atoms with Crippen LogP contribution in [0.25, 0.3) is 0 Å². The van der Waals surface area contributed by atoms with Gasteiger partial charge in [-0.15, -0.1) is 0 Å². The van der Waals surface area contributed by atoms with Gasteiger partial charge in [0.05, 0.1) is 13.3 Å². The molecule has 1 aliphatic rings. The summed E-state index contributed by atoms with van der Waals surface area (Å²) in [5.41, 5.74) is 5.66. The molecule has 0 bridgehead atoms. The fourth-order valence-electron chi connectivity index (χ4n) is 1.37. The third kappa shape index (κ3) is 2.05. The topological polar surface area (TPSA) is 87.3 Å². The highest BCUT2D eigenvalue weighted by Gasteiger charge is 2.24. The number of aromatic nitrogens is 2. The zero-order valence-corrected chi connectivity index (χ0v) is 8.97. The lowest BCUT2D eigenvalue weighted by atomic mass is 9.96. The Morgan fingerprint density at radius 2 is 2.31 bits per heavy atom. The predicted molar refractivity (Wildman–Crippen MR) is 56.1 cm³/mol. The minimum atomic E-state index is -0.519. The first-order valence-electron chi connectivity index (χ1n) is 5.08. The lowest BCUT2D eigenvalue weighted by Gasteiger charge is -2.26. The Balaban J connectivity index is 2.24. The summed E-state index contributed by atoms with van der Waals surface area (Å²) in [6.45, 7) is 0. The second kappa shape index (κ2) is 4.34. The number of hydrogen-bond donors (Lipinski definition) is 1. The molecule has 1 aliphatic carbocycles. The molecule has 6 nitrogen and oxygen atoms in total. The number of rotatable bonds is 3. The van der Waals surface area contributed by atoms with Gasteiger partial charge in [0.2, 0.25) is 11.8 Å². The molecule has 1 fully saturated rings. The maximum Gasteiger partial charge on any atom is 0.344 e. The van der Waals surface area contributed by atoms with Gasteiger partial charge in [0.1, 0.15) is 11.7 Å². The van der Waals surface area contributed by atoms with Crippen LogP contribution in [-0.2, 0) is 4.74 Å². The van der Waals surface area contributed by atoms with Crippen LogP contribution >= 0.6 is 0 Å². The molecule has 1 aromatic heterocycles. The zero-order chi connectivity index (χ0) is 11.5. The highest BCUT2D eigenvalue weighted by molar-refractivity contribution is 5.91. The number of nitrogen functional groups attached to an aromatic ring is 1. The van der Waals surface area contributed by atoms with Gasteiger partial charge < -0.3 is 15.2 Å². The van der Waals surface area contributed by atoms with Crippen molar-refractivity contribution in [3.05, 3.63) is 11.8 Å². The highest BCUT2D eigenvalue weighted by atomic mass is 16.5. The van der Waals surface area contributed by atoms with Crippen molar-refractivity contribution in [1.82, 2.24) is 9.97 Å². The first kappa shape index (κ1) is 10.7. The van der Waals surface area contributed by atoms with Crippen molar-refractivity contribution in [2.24, 2.45) is 0 Å². The molecule has 6 heteroatoms. The van der Waals surface area contributed by atoms with Crippen molar-refractivity contribution in [1.29, 1.82) is 0 Å². The molecule has 0 saturated heterocycles. The third-order valence-electron chi connectivity index (χ3n) is 2.51. The van der Waals surface area contributed by atoms with Gasteiger partial charge in [-0.3, -0.25) is 0 Å². The summed E-state index contributed by atoms with van der Waals surface area (Å²) in [6, 6.07) is 0.